The van der Waals surface area contributed by atoms with Crippen molar-refractivity contribution in [2.45, 2.75) is 59.8 Å². The Balaban J connectivity index is 3.38. The summed E-state index contributed by atoms with van der Waals surface area (Å²) in [4.78, 5) is 34.7. The highest BCUT2D eigenvalue weighted by molar-refractivity contribution is 5.86. The maximum absolute atomic E-state index is 11.9. The van der Waals surface area contributed by atoms with Crippen LogP contribution in [-0.2, 0) is 28.6 Å². The van der Waals surface area contributed by atoms with Gasteiger partial charge < -0.3 is 24.8 Å². The van der Waals surface area contributed by atoms with Gasteiger partial charge in [0.15, 0.2) is 0 Å². The minimum Gasteiger partial charge on any atom is -0.462 e. The molecule has 0 saturated heterocycles. The van der Waals surface area contributed by atoms with Crippen LogP contribution in [0.25, 0.3) is 0 Å². The lowest BCUT2D eigenvalue weighted by Crippen LogP contribution is -2.37. The van der Waals surface area contributed by atoms with Gasteiger partial charge in [0.25, 0.3) is 0 Å². The number of carbonyl (C=O) groups excluding carboxylic acids is 3. The molecule has 0 aliphatic rings. The van der Waals surface area contributed by atoms with Crippen molar-refractivity contribution in [3.8, 4) is 0 Å². The van der Waals surface area contributed by atoms with Crippen molar-refractivity contribution < 1.29 is 28.6 Å². The maximum Gasteiger partial charge on any atom is 0.333 e. The summed E-state index contributed by atoms with van der Waals surface area (Å²) < 4.78 is 15.9. The third-order valence-electron chi connectivity index (χ3n) is 4.54. The van der Waals surface area contributed by atoms with Crippen molar-refractivity contribution in [2.24, 2.45) is 5.41 Å². The van der Waals surface area contributed by atoms with Crippen LogP contribution in [0.2, 0.25) is 0 Å². The maximum atomic E-state index is 11.9. The first kappa shape index (κ1) is 28.1. The van der Waals surface area contributed by atoms with Crippen LogP contribution >= 0.6 is 0 Å². The van der Waals surface area contributed by atoms with Gasteiger partial charge in [-0.05, 0) is 32.6 Å². The average Bonchev–Trinajstić information content (AvgIpc) is 2.71. The Hall–Kier alpha value is -1.93. The van der Waals surface area contributed by atoms with Gasteiger partial charge in [0.2, 0.25) is 11.8 Å². The first-order chi connectivity index (χ1) is 14.2. The summed E-state index contributed by atoms with van der Waals surface area (Å²) >= 11 is 0. The smallest absolute Gasteiger partial charge is 0.333 e. The molecule has 0 heterocycles. The van der Waals surface area contributed by atoms with Gasteiger partial charge in [-0.3, -0.25) is 9.59 Å². The van der Waals surface area contributed by atoms with Gasteiger partial charge in [-0.25, -0.2) is 4.79 Å². The highest BCUT2D eigenvalue weighted by Gasteiger charge is 2.24. The Morgan fingerprint density at radius 3 is 1.97 bits per heavy atom. The minimum atomic E-state index is -0.431. The third-order valence-corrected chi connectivity index (χ3v) is 4.54. The Bertz CT molecular complexity index is 534. The molecule has 8 nitrogen and oxygen atoms in total. The zero-order valence-corrected chi connectivity index (χ0v) is 19.1. The van der Waals surface area contributed by atoms with E-state index in [2.05, 4.69) is 17.2 Å². The zero-order valence-electron chi connectivity index (χ0n) is 19.1. The van der Waals surface area contributed by atoms with E-state index in [9.17, 15) is 14.4 Å². The lowest BCUT2D eigenvalue weighted by Gasteiger charge is -2.21. The number of esters is 1. The molecule has 0 saturated carbocycles. The van der Waals surface area contributed by atoms with E-state index in [0.29, 0.717) is 57.9 Å². The van der Waals surface area contributed by atoms with Crippen LogP contribution in [0.3, 0.4) is 0 Å². The SMILES string of the molecule is C=C(C)C(=O)OCCCC(=O)NCCCOCCOCCCNC(=O)C(C)(C)CC. The van der Waals surface area contributed by atoms with E-state index in [-0.39, 0.29) is 23.8 Å². The lowest BCUT2D eigenvalue weighted by molar-refractivity contribution is -0.139. The molecule has 0 aromatic carbocycles. The van der Waals surface area contributed by atoms with Gasteiger partial charge in [0.1, 0.15) is 0 Å². The normalized spacial score (nSPS) is 11.1. The summed E-state index contributed by atoms with van der Waals surface area (Å²) in [7, 11) is 0. The number of hydrogen-bond acceptors (Lipinski definition) is 6. The van der Waals surface area contributed by atoms with Crippen LogP contribution < -0.4 is 10.6 Å². The van der Waals surface area contributed by atoms with Crippen molar-refractivity contribution >= 4 is 17.8 Å². The summed E-state index contributed by atoms with van der Waals surface area (Å²) in [6.45, 7) is 14.4. The molecule has 2 N–H and O–H groups in total. The fourth-order valence-electron chi connectivity index (χ4n) is 2.11. The summed E-state index contributed by atoms with van der Waals surface area (Å²) in [6.07, 6.45) is 3.09. The first-order valence-corrected chi connectivity index (χ1v) is 10.7. The molecule has 0 radical (unpaired) electrons. The van der Waals surface area contributed by atoms with Gasteiger partial charge >= 0.3 is 5.97 Å². The van der Waals surface area contributed by atoms with Crippen molar-refractivity contribution in [1.82, 2.24) is 10.6 Å². The van der Waals surface area contributed by atoms with Crippen molar-refractivity contribution in [1.29, 1.82) is 0 Å². The van der Waals surface area contributed by atoms with E-state index < -0.39 is 5.97 Å². The van der Waals surface area contributed by atoms with Crippen LogP contribution in [0.1, 0.15) is 59.8 Å². The van der Waals surface area contributed by atoms with Crippen LogP contribution in [0.4, 0.5) is 0 Å². The highest BCUT2D eigenvalue weighted by atomic mass is 16.5. The predicted molar refractivity (Wildman–Crippen MR) is 116 cm³/mol. The monoisotopic (exact) mass is 428 g/mol. The van der Waals surface area contributed by atoms with Gasteiger partial charge in [-0.15, -0.1) is 0 Å². The molecule has 0 unspecified atom stereocenters. The Kier molecular flexibility index (Phi) is 15.7. The van der Waals surface area contributed by atoms with Crippen LogP contribution in [0.15, 0.2) is 12.2 Å². The van der Waals surface area contributed by atoms with Crippen molar-refractivity contribution in [2.75, 3.05) is 46.1 Å². The van der Waals surface area contributed by atoms with E-state index >= 15 is 0 Å². The zero-order chi connectivity index (χ0) is 22.8. The Morgan fingerprint density at radius 1 is 0.867 bits per heavy atom. The Morgan fingerprint density at radius 2 is 1.43 bits per heavy atom. The number of ether oxygens (including phenoxy) is 3. The second-order valence-corrected chi connectivity index (χ2v) is 7.79. The molecule has 0 spiro atoms. The summed E-state index contributed by atoms with van der Waals surface area (Å²) in [5.41, 5.74) is 0.0260. The summed E-state index contributed by atoms with van der Waals surface area (Å²) in [5, 5.41) is 5.72. The van der Waals surface area contributed by atoms with E-state index in [1.165, 1.54) is 0 Å². The number of carbonyl (C=O) groups is 3. The number of hydrogen-bond donors (Lipinski definition) is 2. The summed E-state index contributed by atoms with van der Waals surface area (Å²) in [6, 6.07) is 0. The Labute approximate surface area is 181 Å². The molecule has 8 heteroatoms. The second-order valence-electron chi connectivity index (χ2n) is 7.79. The molecule has 0 aliphatic heterocycles. The van der Waals surface area contributed by atoms with E-state index in [0.717, 1.165) is 19.3 Å². The molecule has 0 atom stereocenters. The molecule has 2 amide bonds. The van der Waals surface area contributed by atoms with Crippen LogP contribution in [0.5, 0.6) is 0 Å². The second kappa shape index (κ2) is 16.8. The molecule has 0 aromatic heterocycles. The minimum absolute atomic E-state index is 0.0703. The highest BCUT2D eigenvalue weighted by Crippen LogP contribution is 2.19. The molecule has 0 fully saturated rings. The van der Waals surface area contributed by atoms with Crippen molar-refractivity contribution in [3.05, 3.63) is 12.2 Å². The van der Waals surface area contributed by atoms with Crippen LogP contribution in [0, 0.1) is 5.41 Å². The lowest BCUT2D eigenvalue weighted by atomic mass is 9.89. The fraction of sp³-hybridized carbons (Fsp3) is 0.773. The van der Waals surface area contributed by atoms with E-state index in [1.54, 1.807) is 6.92 Å². The fourth-order valence-corrected chi connectivity index (χ4v) is 2.11. The van der Waals surface area contributed by atoms with E-state index in [1.807, 2.05) is 20.8 Å². The number of amides is 2. The molecule has 174 valence electrons. The van der Waals surface area contributed by atoms with E-state index in [4.69, 9.17) is 14.2 Å². The predicted octanol–water partition coefficient (Wildman–Crippen LogP) is 2.37. The first-order valence-electron chi connectivity index (χ1n) is 10.7. The summed E-state index contributed by atoms with van der Waals surface area (Å²) in [5.74, 6) is -0.426. The number of nitrogens with one attached hydrogen (secondary N) is 2. The van der Waals surface area contributed by atoms with Gasteiger partial charge in [-0.1, -0.05) is 27.4 Å². The number of rotatable bonds is 18. The largest absolute Gasteiger partial charge is 0.462 e. The standard InChI is InChI=1S/C22H40N2O6/c1-6-22(4,5)21(27)24-12-9-14-29-17-16-28-13-8-11-23-19(25)10-7-15-30-20(26)18(2)3/h2,6-17H2,1,3-5H3,(H,23,25)(H,24,27). The topological polar surface area (TPSA) is 103 Å². The molecule has 0 aliphatic carbocycles. The molecular formula is C22H40N2O6. The van der Waals surface area contributed by atoms with Crippen LogP contribution in [-0.4, -0.2) is 63.9 Å². The molecule has 0 rings (SSSR count). The van der Waals surface area contributed by atoms with Crippen molar-refractivity contribution in [3.63, 3.8) is 0 Å². The quantitative estimate of drug-likeness (QED) is 0.197. The average molecular weight is 429 g/mol. The third kappa shape index (κ3) is 15.0. The molecular weight excluding hydrogens is 388 g/mol. The molecule has 0 aromatic rings. The molecule has 0 bridgehead atoms. The van der Waals surface area contributed by atoms with Gasteiger partial charge in [-0.2, -0.15) is 0 Å². The van der Waals surface area contributed by atoms with Gasteiger partial charge in [0, 0.05) is 43.7 Å². The molecule has 30 heavy (non-hydrogen) atoms. The van der Waals surface area contributed by atoms with Gasteiger partial charge in [0.05, 0.1) is 19.8 Å².